The van der Waals surface area contributed by atoms with E-state index in [1.807, 2.05) is 7.05 Å². The van der Waals surface area contributed by atoms with Crippen LogP contribution >= 0.6 is 0 Å². The first-order valence-corrected chi connectivity index (χ1v) is 7.38. The van der Waals surface area contributed by atoms with Gasteiger partial charge in [-0.3, -0.25) is 0 Å². The predicted molar refractivity (Wildman–Crippen MR) is 60.2 cm³/mol. The molecule has 1 saturated carbocycles. The summed E-state index contributed by atoms with van der Waals surface area (Å²) < 4.78 is 25.5. The highest BCUT2D eigenvalue weighted by Gasteiger charge is 2.32. The van der Waals surface area contributed by atoms with Gasteiger partial charge in [-0.05, 0) is 25.8 Å². The molecule has 5 heteroatoms. The smallest absolute Gasteiger partial charge is 0.214 e. The fourth-order valence-corrected chi connectivity index (χ4v) is 3.75. The van der Waals surface area contributed by atoms with Gasteiger partial charge in [0.25, 0.3) is 0 Å². The minimum Gasteiger partial charge on any atom is -0.316 e. The van der Waals surface area contributed by atoms with Gasteiger partial charge in [-0.15, -0.1) is 0 Å². The molecule has 1 aliphatic heterocycles. The molecule has 0 aromatic carbocycles. The third kappa shape index (κ3) is 2.92. The third-order valence-electron chi connectivity index (χ3n) is 3.43. The van der Waals surface area contributed by atoms with E-state index in [-0.39, 0.29) is 0 Å². The summed E-state index contributed by atoms with van der Waals surface area (Å²) in [6.07, 6.45) is 4.27. The van der Waals surface area contributed by atoms with Gasteiger partial charge >= 0.3 is 0 Å². The van der Waals surface area contributed by atoms with Crippen LogP contribution in [0.1, 0.15) is 25.7 Å². The lowest BCUT2D eigenvalue weighted by atomic mass is 10.3. The Morgan fingerprint density at radius 1 is 1.33 bits per heavy atom. The molecule has 2 rings (SSSR count). The van der Waals surface area contributed by atoms with E-state index in [4.69, 9.17) is 0 Å². The van der Waals surface area contributed by atoms with E-state index in [0.717, 1.165) is 12.8 Å². The summed E-state index contributed by atoms with van der Waals surface area (Å²) in [7, 11) is -1.07. The highest BCUT2D eigenvalue weighted by molar-refractivity contribution is 7.89. The topological polar surface area (TPSA) is 49.4 Å². The fraction of sp³-hybridized carbons (Fsp3) is 1.00. The Kier molecular flexibility index (Phi) is 3.33. The molecule has 1 heterocycles. The molecule has 0 spiro atoms. The first-order valence-electron chi connectivity index (χ1n) is 5.77. The minimum atomic E-state index is -2.96. The minimum absolute atomic E-state index is 0.348. The van der Waals surface area contributed by atoms with Gasteiger partial charge in [-0.2, -0.15) is 0 Å². The molecule has 0 aromatic rings. The Morgan fingerprint density at radius 3 is 2.60 bits per heavy atom. The number of hydrogen-bond donors (Lipinski definition) is 1. The molecule has 2 aliphatic rings. The lowest BCUT2D eigenvalue weighted by molar-refractivity contribution is 0.462. The van der Waals surface area contributed by atoms with Gasteiger partial charge in [0.2, 0.25) is 10.0 Å². The molecule has 0 amide bonds. The van der Waals surface area contributed by atoms with Crippen LogP contribution in [0.4, 0.5) is 0 Å². The van der Waals surface area contributed by atoms with E-state index in [9.17, 15) is 8.42 Å². The van der Waals surface area contributed by atoms with E-state index in [2.05, 4.69) is 5.32 Å². The van der Waals surface area contributed by atoms with E-state index < -0.39 is 10.0 Å². The molecule has 1 saturated heterocycles. The molecule has 1 unspecified atom stereocenters. The maximum absolute atomic E-state index is 11.9. The molecule has 0 bridgehead atoms. The van der Waals surface area contributed by atoms with Crippen LogP contribution in [-0.2, 0) is 10.0 Å². The SMILES string of the molecule is CNC1CCN(S(=O)(=O)CCC2CC2)C1. The van der Waals surface area contributed by atoms with Crippen LogP contribution in [-0.4, -0.2) is 44.7 Å². The molecular weight excluding hydrogens is 212 g/mol. The zero-order valence-electron chi connectivity index (χ0n) is 9.28. The van der Waals surface area contributed by atoms with E-state index in [0.29, 0.717) is 30.8 Å². The summed E-state index contributed by atoms with van der Waals surface area (Å²) in [4.78, 5) is 0. The molecule has 0 radical (unpaired) electrons. The second kappa shape index (κ2) is 4.39. The second-order valence-corrected chi connectivity index (χ2v) is 6.77. The van der Waals surface area contributed by atoms with Gasteiger partial charge in [0.1, 0.15) is 0 Å². The van der Waals surface area contributed by atoms with Crippen molar-refractivity contribution in [3.8, 4) is 0 Å². The number of sulfonamides is 1. The van der Waals surface area contributed by atoms with Crippen LogP contribution in [0.3, 0.4) is 0 Å². The molecule has 0 aromatic heterocycles. The maximum Gasteiger partial charge on any atom is 0.214 e. The van der Waals surface area contributed by atoms with Crippen LogP contribution in [0.25, 0.3) is 0 Å². The van der Waals surface area contributed by atoms with E-state index >= 15 is 0 Å². The highest BCUT2D eigenvalue weighted by Crippen LogP contribution is 2.33. The zero-order chi connectivity index (χ0) is 10.9. The van der Waals surface area contributed by atoms with Crippen LogP contribution < -0.4 is 5.32 Å². The van der Waals surface area contributed by atoms with Crippen molar-refractivity contribution in [1.29, 1.82) is 0 Å². The van der Waals surface area contributed by atoms with Crippen molar-refractivity contribution in [3.63, 3.8) is 0 Å². The number of hydrogen-bond acceptors (Lipinski definition) is 3. The lowest BCUT2D eigenvalue weighted by Gasteiger charge is -2.16. The Labute approximate surface area is 92.1 Å². The predicted octanol–water partition coefficient (Wildman–Crippen LogP) is 0.410. The van der Waals surface area contributed by atoms with Crippen molar-refractivity contribution in [2.75, 3.05) is 25.9 Å². The highest BCUT2D eigenvalue weighted by atomic mass is 32.2. The lowest BCUT2D eigenvalue weighted by Crippen LogP contribution is -2.34. The molecule has 1 aliphatic carbocycles. The summed E-state index contributed by atoms with van der Waals surface area (Å²) in [6, 6.07) is 0.348. The second-order valence-electron chi connectivity index (χ2n) is 4.68. The summed E-state index contributed by atoms with van der Waals surface area (Å²) >= 11 is 0. The van der Waals surface area contributed by atoms with Crippen molar-refractivity contribution in [1.82, 2.24) is 9.62 Å². The molecule has 15 heavy (non-hydrogen) atoms. The monoisotopic (exact) mass is 232 g/mol. The van der Waals surface area contributed by atoms with Crippen molar-refractivity contribution in [2.24, 2.45) is 5.92 Å². The van der Waals surface area contributed by atoms with Crippen LogP contribution in [0.5, 0.6) is 0 Å². The van der Waals surface area contributed by atoms with Crippen LogP contribution in [0, 0.1) is 5.92 Å². The van der Waals surface area contributed by atoms with Crippen molar-refractivity contribution in [2.45, 2.75) is 31.7 Å². The molecule has 4 nitrogen and oxygen atoms in total. The summed E-state index contributed by atoms with van der Waals surface area (Å²) in [5.74, 6) is 1.05. The summed E-state index contributed by atoms with van der Waals surface area (Å²) in [5.41, 5.74) is 0. The van der Waals surface area contributed by atoms with E-state index in [1.54, 1.807) is 4.31 Å². The quantitative estimate of drug-likeness (QED) is 0.747. The normalized spacial score (nSPS) is 28.5. The first-order chi connectivity index (χ1) is 7.12. The molecular formula is C10H20N2O2S. The summed E-state index contributed by atoms with van der Waals surface area (Å²) in [5, 5.41) is 3.14. The summed E-state index contributed by atoms with van der Waals surface area (Å²) in [6.45, 7) is 1.35. The van der Waals surface area contributed by atoms with Crippen molar-refractivity contribution >= 4 is 10.0 Å². The van der Waals surface area contributed by atoms with Gasteiger partial charge in [0.05, 0.1) is 5.75 Å². The third-order valence-corrected chi connectivity index (χ3v) is 5.30. The van der Waals surface area contributed by atoms with Gasteiger partial charge in [-0.1, -0.05) is 12.8 Å². The average molecular weight is 232 g/mol. The number of rotatable bonds is 5. The first kappa shape index (κ1) is 11.4. The Balaban J connectivity index is 1.85. The van der Waals surface area contributed by atoms with E-state index in [1.165, 1.54) is 12.8 Å². The van der Waals surface area contributed by atoms with Crippen molar-refractivity contribution in [3.05, 3.63) is 0 Å². The maximum atomic E-state index is 11.9. The van der Waals surface area contributed by atoms with Crippen molar-refractivity contribution < 1.29 is 8.42 Å². The van der Waals surface area contributed by atoms with Gasteiger partial charge in [0, 0.05) is 19.1 Å². The molecule has 1 N–H and O–H groups in total. The Hall–Kier alpha value is -0.130. The molecule has 1 atom stereocenters. The van der Waals surface area contributed by atoms with Gasteiger partial charge in [-0.25, -0.2) is 12.7 Å². The van der Waals surface area contributed by atoms with Gasteiger partial charge in [0.15, 0.2) is 0 Å². The number of nitrogens with one attached hydrogen (secondary N) is 1. The fourth-order valence-electron chi connectivity index (χ4n) is 2.07. The van der Waals surface area contributed by atoms with Crippen LogP contribution in [0.15, 0.2) is 0 Å². The molecule has 88 valence electrons. The van der Waals surface area contributed by atoms with Gasteiger partial charge < -0.3 is 5.32 Å². The van der Waals surface area contributed by atoms with Crippen LogP contribution in [0.2, 0.25) is 0 Å². The number of nitrogens with zero attached hydrogens (tertiary/aromatic N) is 1. The average Bonchev–Trinajstić information content (AvgIpc) is 2.90. The Morgan fingerprint density at radius 2 is 2.07 bits per heavy atom. The standard InChI is InChI=1S/C10H20N2O2S/c1-11-10-4-6-12(8-10)15(13,14)7-5-9-2-3-9/h9-11H,2-8H2,1H3. The number of likely N-dealkylation sites (N-methyl/N-ethyl adjacent to an activating group) is 1. The Bertz CT molecular complexity index is 311. The largest absolute Gasteiger partial charge is 0.316 e. The molecule has 2 fully saturated rings. The zero-order valence-corrected chi connectivity index (χ0v) is 10.1.